The second-order valence-corrected chi connectivity index (χ2v) is 16.9. The third-order valence-electron chi connectivity index (χ3n) is 12.8. The van der Waals surface area contributed by atoms with E-state index < -0.39 is 0 Å². The van der Waals surface area contributed by atoms with E-state index in [0.717, 1.165) is 88.8 Å². The minimum absolute atomic E-state index is 0.853. The van der Waals surface area contributed by atoms with Gasteiger partial charge in [0.2, 0.25) is 0 Å². The van der Waals surface area contributed by atoms with Gasteiger partial charge in [-0.15, -0.1) is 0 Å². The lowest BCUT2D eigenvalue weighted by Gasteiger charge is -2.33. The molecule has 12 aromatic rings. The first-order valence-electron chi connectivity index (χ1n) is 21.1. The van der Waals surface area contributed by atoms with Gasteiger partial charge in [0.05, 0.1) is 22.7 Å². The standard InChI is InChI=1S/C57H42N2O2/c1-33-20-22-36(4)48(30-33)58(46-16-10-14-42-40-12-6-8-18-52(40)60-56(42)46)50-32-51(45-27-25-39-29-35(3)28-38-24-26-44(50)55(45)54(38)39)59(49-31-34(2)21-23-37(49)5)47-17-11-15-43-41-13-7-9-19-53(41)61-57(43)47/h6-32H,1-5H3. The minimum Gasteiger partial charge on any atom is -0.454 e. The zero-order valence-electron chi connectivity index (χ0n) is 34.8. The molecule has 61 heavy (non-hydrogen) atoms. The van der Waals surface area contributed by atoms with Crippen molar-refractivity contribution in [3.05, 3.63) is 192 Å². The zero-order chi connectivity index (χ0) is 41.1. The molecule has 12 rings (SSSR count). The van der Waals surface area contributed by atoms with Crippen molar-refractivity contribution in [3.8, 4) is 0 Å². The molecular weight excluding hydrogens is 745 g/mol. The number of fused-ring (bicyclic) bond motifs is 6. The van der Waals surface area contributed by atoms with Crippen LogP contribution in [0.2, 0.25) is 0 Å². The van der Waals surface area contributed by atoms with Gasteiger partial charge >= 0.3 is 0 Å². The first-order chi connectivity index (χ1) is 29.8. The van der Waals surface area contributed by atoms with Crippen LogP contribution in [-0.2, 0) is 0 Å². The Morgan fingerprint density at radius 2 is 0.770 bits per heavy atom. The summed E-state index contributed by atoms with van der Waals surface area (Å²) in [4.78, 5) is 4.91. The van der Waals surface area contributed by atoms with E-state index in [1.54, 1.807) is 0 Å². The highest BCUT2D eigenvalue weighted by Gasteiger charge is 2.29. The summed E-state index contributed by atoms with van der Waals surface area (Å²) in [6.45, 7) is 11.0. The van der Waals surface area contributed by atoms with Gasteiger partial charge in [0.25, 0.3) is 0 Å². The Labute approximate surface area is 353 Å². The highest BCUT2D eigenvalue weighted by molar-refractivity contribution is 6.29. The van der Waals surface area contributed by atoms with E-state index in [0.29, 0.717) is 0 Å². The molecule has 0 aliphatic rings. The molecule has 0 atom stereocenters. The molecule has 4 nitrogen and oxygen atoms in total. The quantitative estimate of drug-likeness (QED) is 0.157. The van der Waals surface area contributed by atoms with Gasteiger partial charge in [-0.25, -0.2) is 0 Å². The van der Waals surface area contributed by atoms with Gasteiger partial charge in [0, 0.05) is 49.1 Å². The SMILES string of the molecule is Cc1ccc(C)c(N(c2cc(N(c3cc(C)ccc3C)c3cccc4c3oc3ccccc34)c3ccc4cc(C)cc5ccc2c3c54)c2cccc3c2oc2ccccc23)c1. The van der Waals surface area contributed by atoms with Crippen molar-refractivity contribution in [2.24, 2.45) is 0 Å². The summed E-state index contributed by atoms with van der Waals surface area (Å²) in [7, 11) is 0. The summed E-state index contributed by atoms with van der Waals surface area (Å²) in [5.74, 6) is 0. The average molecular weight is 787 g/mol. The monoisotopic (exact) mass is 786 g/mol. The molecule has 10 aromatic carbocycles. The van der Waals surface area contributed by atoms with Crippen molar-refractivity contribution in [2.75, 3.05) is 9.80 Å². The second-order valence-electron chi connectivity index (χ2n) is 16.9. The van der Waals surface area contributed by atoms with Crippen LogP contribution in [-0.4, -0.2) is 0 Å². The minimum atomic E-state index is 0.853. The Balaban J connectivity index is 1.28. The fourth-order valence-electron chi connectivity index (χ4n) is 9.92. The van der Waals surface area contributed by atoms with Crippen LogP contribution in [0.25, 0.3) is 76.2 Å². The van der Waals surface area contributed by atoms with Crippen LogP contribution in [0.5, 0.6) is 0 Å². The van der Waals surface area contributed by atoms with Crippen LogP contribution in [0.4, 0.5) is 34.1 Å². The number of nitrogens with zero attached hydrogens (tertiary/aromatic N) is 2. The highest BCUT2D eigenvalue weighted by atomic mass is 16.3. The van der Waals surface area contributed by atoms with Crippen LogP contribution < -0.4 is 9.80 Å². The molecule has 0 saturated heterocycles. The number of furan rings is 2. The van der Waals surface area contributed by atoms with Gasteiger partial charge in [-0.2, -0.15) is 0 Å². The largest absolute Gasteiger partial charge is 0.454 e. The van der Waals surface area contributed by atoms with Crippen molar-refractivity contribution < 1.29 is 8.83 Å². The molecule has 0 unspecified atom stereocenters. The Bertz CT molecular complexity index is 3500. The summed E-state index contributed by atoms with van der Waals surface area (Å²) in [6.07, 6.45) is 0. The molecule has 292 valence electrons. The first-order valence-corrected chi connectivity index (χ1v) is 21.1. The Hall–Kier alpha value is -7.56. The maximum atomic E-state index is 6.87. The van der Waals surface area contributed by atoms with Crippen molar-refractivity contribution in [3.63, 3.8) is 0 Å². The van der Waals surface area contributed by atoms with Gasteiger partial charge in [-0.1, -0.05) is 121 Å². The molecule has 0 spiro atoms. The van der Waals surface area contributed by atoms with E-state index >= 15 is 0 Å². The van der Waals surface area contributed by atoms with Crippen LogP contribution in [0.15, 0.2) is 173 Å². The first kappa shape index (κ1) is 35.4. The molecule has 0 bridgehead atoms. The lowest BCUT2D eigenvalue weighted by atomic mass is 9.90. The Morgan fingerprint density at radius 3 is 1.26 bits per heavy atom. The third-order valence-corrected chi connectivity index (χ3v) is 12.8. The van der Waals surface area contributed by atoms with Gasteiger partial charge < -0.3 is 18.6 Å². The molecule has 2 aromatic heterocycles. The van der Waals surface area contributed by atoms with Gasteiger partial charge in [0.1, 0.15) is 11.2 Å². The number of benzene rings is 10. The Morgan fingerprint density at radius 1 is 0.311 bits per heavy atom. The predicted octanol–water partition coefficient (Wildman–Crippen LogP) is 16.9. The zero-order valence-corrected chi connectivity index (χ0v) is 34.8. The molecule has 0 N–H and O–H groups in total. The lowest BCUT2D eigenvalue weighted by Crippen LogP contribution is -2.16. The topological polar surface area (TPSA) is 32.8 Å². The number of hydrogen-bond donors (Lipinski definition) is 0. The lowest BCUT2D eigenvalue weighted by molar-refractivity contribution is 0.669. The number of rotatable bonds is 6. The third kappa shape index (κ3) is 5.31. The number of aryl methyl sites for hydroxylation is 5. The van der Waals surface area contributed by atoms with Crippen LogP contribution >= 0.6 is 0 Å². The van der Waals surface area contributed by atoms with E-state index in [1.165, 1.54) is 49.4 Å². The molecule has 0 radical (unpaired) electrons. The molecule has 0 amide bonds. The maximum absolute atomic E-state index is 6.87. The normalized spacial score (nSPS) is 12.0. The smallest absolute Gasteiger partial charge is 0.159 e. The summed E-state index contributed by atoms with van der Waals surface area (Å²) >= 11 is 0. The molecule has 0 saturated carbocycles. The Kier molecular flexibility index (Phi) is 7.67. The van der Waals surface area contributed by atoms with Crippen molar-refractivity contribution in [2.45, 2.75) is 34.6 Å². The second kappa shape index (κ2) is 13.2. The van der Waals surface area contributed by atoms with E-state index in [1.807, 2.05) is 12.1 Å². The summed E-state index contributed by atoms with van der Waals surface area (Å²) in [5, 5.41) is 11.7. The van der Waals surface area contributed by atoms with E-state index in [2.05, 4.69) is 196 Å². The van der Waals surface area contributed by atoms with Crippen LogP contribution in [0, 0.1) is 34.6 Å². The molecule has 0 aliphatic heterocycles. The predicted molar refractivity (Wildman–Crippen MR) is 258 cm³/mol. The molecule has 2 heterocycles. The van der Waals surface area contributed by atoms with Crippen molar-refractivity contribution in [1.29, 1.82) is 0 Å². The van der Waals surface area contributed by atoms with Crippen molar-refractivity contribution >= 4 is 110 Å². The van der Waals surface area contributed by atoms with Crippen LogP contribution in [0.1, 0.15) is 27.8 Å². The molecule has 4 heteroatoms. The van der Waals surface area contributed by atoms with E-state index in [-0.39, 0.29) is 0 Å². The summed E-state index contributed by atoms with van der Waals surface area (Å²) in [5.41, 5.74) is 15.7. The fourth-order valence-corrected chi connectivity index (χ4v) is 9.92. The van der Waals surface area contributed by atoms with Crippen LogP contribution in [0.3, 0.4) is 0 Å². The maximum Gasteiger partial charge on any atom is 0.159 e. The number of anilines is 6. The summed E-state index contributed by atoms with van der Waals surface area (Å²) < 4.78 is 13.7. The highest BCUT2D eigenvalue weighted by Crippen LogP contribution is 2.53. The molecule has 0 aliphatic carbocycles. The average Bonchev–Trinajstić information content (AvgIpc) is 3.85. The van der Waals surface area contributed by atoms with E-state index in [9.17, 15) is 0 Å². The number of hydrogen-bond acceptors (Lipinski definition) is 4. The molecule has 0 fully saturated rings. The van der Waals surface area contributed by atoms with Gasteiger partial charge in [-0.05, 0) is 121 Å². The van der Waals surface area contributed by atoms with Crippen molar-refractivity contribution in [1.82, 2.24) is 0 Å². The number of para-hydroxylation sites is 4. The molecular formula is C57H42N2O2. The van der Waals surface area contributed by atoms with Gasteiger partial charge in [0.15, 0.2) is 11.2 Å². The summed E-state index contributed by atoms with van der Waals surface area (Å²) in [6, 6.07) is 59.7. The fraction of sp³-hybridized carbons (Fsp3) is 0.0877. The van der Waals surface area contributed by atoms with Gasteiger partial charge in [-0.3, -0.25) is 0 Å². The van der Waals surface area contributed by atoms with E-state index in [4.69, 9.17) is 8.83 Å².